The lowest BCUT2D eigenvalue weighted by Crippen LogP contribution is -2.38. The fourth-order valence-corrected chi connectivity index (χ4v) is 2.32. The minimum atomic E-state index is 0.186. The molecule has 2 nitrogen and oxygen atoms in total. The molecular weight excluding hydrogens is 204 g/mol. The summed E-state index contributed by atoms with van der Waals surface area (Å²) >= 11 is 1.65. The van der Waals surface area contributed by atoms with Crippen LogP contribution in [-0.2, 0) is 6.54 Å². The van der Waals surface area contributed by atoms with Gasteiger partial charge in [0.15, 0.2) is 0 Å². The van der Waals surface area contributed by atoms with Crippen molar-refractivity contribution in [2.45, 2.75) is 45.7 Å². The summed E-state index contributed by atoms with van der Waals surface area (Å²) in [5.41, 5.74) is 0.955. The molecule has 1 aromatic heterocycles. The highest BCUT2D eigenvalue weighted by molar-refractivity contribution is 7.10. The minimum Gasteiger partial charge on any atom is -0.307 e. The van der Waals surface area contributed by atoms with E-state index < -0.39 is 0 Å². The molecule has 0 spiro atoms. The number of nitriles is 1. The summed E-state index contributed by atoms with van der Waals surface area (Å²) in [6.07, 6.45) is 2.36. The van der Waals surface area contributed by atoms with Gasteiger partial charge in [-0.25, -0.2) is 0 Å². The van der Waals surface area contributed by atoms with Gasteiger partial charge in [0, 0.05) is 22.3 Å². The zero-order chi connectivity index (χ0) is 11.3. The highest BCUT2D eigenvalue weighted by Crippen LogP contribution is 2.16. The number of hydrogen-bond acceptors (Lipinski definition) is 3. The summed E-state index contributed by atoms with van der Waals surface area (Å²) in [5.74, 6) is 0. The van der Waals surface area contributed by atoms with Crippen molar-refractivity contribution in [3.05, 3.63) is 21.9 Å². The van der Waals surface area contributed by atoms with E-state index in [4.69, 9.17) is 5.26 Å². The van der Waals surface area contributed by atoms with Gasteiger partial charge in [0.05, 0.1) is 5.56 Å². The van der Waals surface area contributed by atoms with Gasteiger partial charge in [0.1, 0.15) is 6.07 Å². The molecule has 1 heterocycles. The van der Waals surface area contributed by atoms with Crippen LogP contribution < -0.4 is 5.32 Å². The third kappa shape index (κ3) is 4.03. The fraction of sp³-hybridized carbons (Fsp3) is 0.583. The van der Waals surface area contributed by atoms with Gasteiger partial charge in [0.2, 0.25) is 0 Å². The number of nitrogens with zero attached hydrogens (tertiary/aromatic N) is 1. The third-order valence-electron chi connectivity index (χ3n) is 2.40. The molecular formula is C12H18N2S. The summed E-state index contributed by atoms with van der Waals surface area (Å²) in [6.45, 7) is 7.49. The highest BCUT2D eigenvalue weighted by Gasteiger charge is 2.15. The predicted octanol–water partition coefficient (Wildman–Crippen LogP) is 3.29. The molecule has 1 rings (SSSR count). The lowest BCUT2D eigenvalue weighted by Gasteiger charge is -2.25. The van der Waals surface area contributed by atoms with Crippen molar-refractivity contribution in [3.8, 4) is 6.07 Å². The molecule has 3 heteroatoms. The zero-order valence-corrected chi connectivity index (χ0v) is 10.4. The summed E-state index contributed by atoms with van der Waals surface area (Å²) in [5, 5.41) is 14.1. The van der Waals surface area contributed by atoms with Crippen LogP contribution in [0.25, 0.3) is 0 Å². The first-order valence-corrected chi connectivity index (χ1v) is 6.18. The largest absolute Gasteiger partial charge is 0.307 e. The zero-order valence-electron chi connectivity index (χ0n) is 9.63. The van der Waals surface area contributed by atoms with Crippen LogP contribution >= 0.6 is 11.3 Å². The number of thiophene rings is 1. The first-order chi connectivity index (χ1) is 7.07. The molecule has 1 aromatic rings. The van der Waals surface area contributed by atoms with E-state index in [2.05, 4.69) is 32.2 Å². The average molecular weight is 222 g/mol. The van der Waals surface area contributed by atoms with E-state index in [1.807, 2.05) is 11.4 Å². The second-order valence-electron chi connectivity index (χ2n) is 4.40. The van der Waals surface area contributed by atoms with Crippen molar-refractivity contribution in [1.29, 1.82) is 5.26 Å². The second kappa shape index (κ2) is 5.29. The standard InChI is InChI=1S/C12H18N2S/c1-4-5-12(2,3)14-8-11-6-10(7-13)9-15-11/h6,9,14H,4-5,8H2,1-3H3. The van der Waals surface area contributed by atoms with Crippen LogP contribution in [0, 0.1) is 11.3 Å². The molecule has 0 atom stereocenters. The molecule has 0 bridgehead atoms. The van der Waals surface area contributed by atoms with Gasteiger partial charge in [-0.3, -0.25) is 0 Å². The highest BCUT2D eigenvalue weighted by atomic mass is 32.1. The molecule has 0 aliphatic rings. The van der Waals surface area contributed by atoms with E-state index >= 15 is 0 Å². The third-order valence-corrected chi connectivity index (χ3v) is 3.34. The number of nitrogens with one attached hydrogen (secondary N) is 1. The Morgan fingerprint density at radius 3 is 2.80 bits per heavy atom. The maximum atomic E-state index is 8.70. The lowest BCUT2D eigenvalue weighted by atomic mass is 9.99. The van der Waals surface area contributed by atoms with Crippen LogP contribution in [0.5, 0.6) is 0 Å². The van der Waals surface area contributed by atoms with Gasteiger partial charge in [0.25, 0.3) is 0 Å². The Bertz CT molecular complexity index is 347. The van der Waals surface area contributed by atoms with Crippen LogP contribution in [0.15, 0.2) is 11.4 Å². The molecule has 0 aliphatic heterocycles. The number of hydrogen-bond donors (Lipinski definition) is 1. The topological polar surface area (TPSA) is 35.8 Å². The van der Waals surface area contributed by atoms with E-state index in [0.29, 0.717) is 0 Å². The van der Waals surface area contributed by atoms with Crippen LogP contribution in [-0.4, -0.2) is 5.54 Å². The van der Waals surface area contributed by atoms with Crippen LogP contribution in [0.1, 0.15) is 44.1 Å². The van der Waals surface area contributed by atoms with Crippen molar-refractivity contribution in [3.63, 3.8) is 0 Å². The molecule has 0 radical (unpaired) electrons. The van der Waals surface area contributed by atoms with E-state index in [-0.39, 0.29) is 5.54 Å². The number of rotatable bonds is 5. The van der Waals surface area contributed by atoms with Gasteiger partial charge < -0.3 is 5.32 Å². The Labute approximate surface area is 95.9 Å². The van der Waals surface area contributed by atoms with Crippen molar-refractivity contribution in [2.24, 2.45) is 0 Å². The molecule has 0 saturated heterocycles. The first-order valence-electron chi connectivity index (χ1n) is 5.30. The molecule has 0 saturated carbocycles. The Kier molecular flexibility index (Phi) is 4.31. The molecule has 15 heavy (non-hydrogen) atoms. The van der Waals surface area contributed by atoms with Crippen LogP contribution in [0.3, 0.4) is 0 Å². The molecule has 0 aromatic carbocycles. The summed E-state index contributed by atoms with van der Waals surface area (Å²) in [6, 6.07) is 4.11. The summed E-state index contributed by atoms with van der Waals surface area (Å²) in [4.78, 5) is 1.23. The fourth-order valence-electron chi connectivity index (χ4n) is 1.57. The van der Waals surface area contributed by atoms with Crippen molar-refractivity contribution < 1.29 is 0 Å². The Morgan fingerprint density at radius 1 is 1.53 bits per heavy atom. The lowest BCUT2D eigenvalue weighted by molar-refractivity contribution is 0.358. The molecule has 0 amide bonds. The maximum Gasteiger partial charge on any atom is 0.100 e. The van der Waals surface area contributed by atoms with Crippen molar-refractivity contribution in [1.82, 2.24) is 5.32 Å². The second-order valence-corrected chi connectivity index (χ2v) is 5.40. The average Bonchev–Trinajstić information content (AvgIpc) is 2.62. The first kappa shape index (κ1) is 12.2. The molecule has 1 N–H and O–H groups in total. The molecule has 0 aliphatic carbocycles. The van der Waals surface area contributed by atoms with E-state index in [9.17, 15) is 0 Å². The molecule has 82 valence electrons. The van der Waals surface area contributed by atoms with Crippen molar-refractivity contribution >= 4 is 11.3 Å². The van der Waals surface area contributed by atoms with Crippen molar-refractivity contribution in [2.75, 3.05) is 0 Å². The van der Waals surface area contributed by atoms with E-state index in [1.165, 1.54) is 17.7 Å². The Hall–Kier alpha value is -0.850. The van der Waals surface area contributed by atoms with Crippen LogP contribution in [0.2, 0.25) is 0 Å². The van der Waals surface area contributed by atoms with E-state index in [1.54, 1.807) is 11.3 Å². The molecule has 0 unspecified atom stereocenters. The van der Waals surface area contributed by atoms with Gasteiger partial charge >= 0.3 is 0 Å². The van der Waals surface area contributed by atoms with Gasteiger partial charge in [-0.2, -0.15) is 5.26 Å². The van der Waals surface area contributed by atoms with E-state index in [0.717, 1.165) is 12.1 Å². The SMILES string of the molecule is CCCC(C)(C)NCc1cc(C#N)cs1. The van der Waals surface area contributed by atoms with Gasteiger partial charge in [-0.05, 0) is 26.3 Å². The van der Waals surface area contributed by atoms with Crippen LogP contribution in [0.4, 0.5) is 0 Å². The minimum absolute atomic E-state index is 0.186. The summed E-state index contributed by atoms with van der Waals surface area (Å²) in [7, 11) is 0. The quantitative estimate of drug-likeness (QED) is 0.829. The smallest absolute Gasteiger partial charge is 0.100 e. The predicted molar refractivity (Wildman–Crippen MR) is 64.9 cm³/mol. The Morgan fingerprint density at radius 2 is 2.27 bits per heavy atom. The normalized spacial score (nSPS) is 11.3. The Balaban J connectivity index is 2.46. The van der Waals surface area contributed by atoms with Gasteiger partial charge in [-0.1, -0.05) is 13.3 Å². The maximum absolute atomic E-state index is 8.70. The van der Waals surface area contributed by atoms with Gasteiger partial charge in [-0.15, -0.1) is 11.3 Å². The molecule has 0 fully saturated rings. The summed E-state index contributed by atoms with van der Waals surface area (Å²) < 4.78 is 0. The monoisotopic (exact) mass is 222 g/mol.